The molecule has 0 heterocycles. The normalized spacial score (nSPS) is 16.4. The van der Waals surface area contributed by atoms with Crippen molar-refractivity contribution >= 4 is 21.6 Å². The van der Waals surface area contributed by atoms with Gasteiger partial charge in [-0.15, -0.1) is 0 Å². The maximum absolute atomic E-state index is 13.0. The van der Waals surface area contributed by atoms with E-state index in [1.165, 1.54) is 19.3 Å². The molecule has 2 N–H and O–H groups in total. The van der Waals surface area contributed by atoms with E-state index in [2.05, 4.69) is 22.2 Å². The molecule has 0 aliphatic heterocycles. The molecule has 1 aliphatic rings. The minimum absolute atomic E-state index is 0.0402. The third kappa shape index (κ3) is 5.35. The number of benzene rings is 2. The first-order valence-electron chi connectivity index (χ1n) is 9.78. The molecule has 0 saturated heterocycles. The molecule has 0 bridgehead atoms. The Balaban J connectivity index is 1.84. The molecule has 5 nitrogen and oxygen atoms in total. The minimum atomic E-state index is -3.41. The van der Waals surface area contributed by atoms with Gasteiger partial charge in [-0.25, -0.2) is 8.42 Å². The van der Waals surface area contributed by atoms with Crippen molar-refractivity contribution in [3.05, 3.63) is 65.2 Å². The predicted octanol–water partition coefficient (Wildman–Crippen LogP) is 4.42. The molecule has 1 atom stereocenters. The molecule has 0 radical (unpaired) electrons. The van der Waals surface area contributed by atoms with Gasteiger partial charge in [0.05, 0.1) is 18.0 Å². The Morgan fingerprint density at radius 2 is 1.71 bits per heavy atom. The topological polar surface area (TPSA) is 75.3 Å². The Bertz CT molecular complexity index is 920. The molecule has 6 heteroatoms. The van der Waals surface area contributed by atoms with Crippen LogP contribution in [0.2, 0.25) is 0 Å². The molecule has 1 fully saturated rings. The third-order valence-corrected chi connectivity index (χ3v) is 5.95. The second-order valence-electron chi connectivity index (χ2n) is 7.66. The molecule has 1 aliphatic carbocycles. The van der Waals surface area contributed by atoms with Gasteiger partial charge in [-0.1, -0.05) is 55.7 Å². The summed E-state index contributed by atoms with van der Waals surface area (Å²) in [5.41, 5.74) is 2.77. The van der Waals surface area contributed by atoms with Crippen LogP contribution in [0.3, 0.4) is 0 Å². The molecule has 1 amide bonds. The first kappa shape index (κ1) is 20.4. The van der Waals surface area contributed by atoms with E-state index in [0.717, 1.165) is 30.2 Å². The number of amides is 1. The van der Waals surface area contributed by atoms with Crippen molar-refractivity contribution in [1.82, 2.24) is 5.32 Å². The number of nitrogens with one attached hydrogen (secondary N) is 2. The maximum atomic E-state index is 13.0. The summed E-state index contributed by atoms with van der Waals surface area (Å²) in [4.78, 5) is 13.0. The quantitative estimate of drug-likeness (QED) is 0.754. The van der Waals surface area contributed by atoms with E-state index >= 15 is 0 Å². The Morgan fingerprint density at radius 3 is 2.36 bits per heavy atom. The van der Waals surface area contributed by atoms with Crippen LogP contribution >= 0.6 is 0 Å². The van der Waals surface area contributed by atoms with Gasteiger partial charge in [-0.2, -0.15) is 0 Å². The van der Waals surface area contributed by atoms with Crippen LogP contribution in [0.5, 0.6) is 0 Å². The summed E-state index contributed by atoms with van der Waals surface area (Å²) < 4.78 is 25.7. The van der Waals surface area contributed by atoms with Gasteiger partial charge >= 0.3 is 0 Å². The van der Waals surface area contributed by atoms with Gasteiger partial charge in [0.15, 0.2) is 0 Å². The molecule has 28 heavy (non-hydrogen) atoms. The van der Waals surface area contributed by atoms with E-state index in [0.29, 0.717) is 17.2 Å². The predicted molar refractivity (Wildman–Crippen MR) is 113 cm³/mol. The van der Waals surface area contributed by atoms with Crippen LogP contribution in [-0.2, 0) is 10.0 Å². The van der Waals surface area contributed by atoms with Gasteiger partial charge in [0.25, 0.3) is 5.91 Å². The Morgan fingerprint density at radius 1 is 1.04 bits per heavy atom. The largest absolute Gasteiger partial charge is 0.345 e. The highest BCUT2D eigenvalue weighted by molar-refractivity contribution is 7.92. The number of carbonyl (C=O) groups is 1. The van der Waals surface area contributed by atoms with E-state index < -0.39 is 10.0 Å². The lowest BCUT2D eigenvalue weighted by Crippen LogP contribution is -2.34. The van der Waals surface area contributed by atoms with Crippen molar-refractivity contribution in [1.29, 1.82) is 0 Å². The standard InChI is InChI=1S/C22H28N2O3S/c1-16-13-14-19(15-20(16)24-28(2,26)27)22(25)23-21(17-9-5-3-6-10-17)18-11-7-4-8-12-18/h3,5-6,9-10,13-15,18,21,24H,4,7-8,11-12H2,1-2H3,(H,23,25)/t21-/m0/s1. The molecule has 3 rings (SSSR count). The maximum Gasteiger partial charge on any atom is 0.251 e. The second-order valence-corrected chi connectivity index (χ2v) is 9.41. The summed E-state index contributed by atoms with van der Waals surface area (Å²) in [5, 5.41) is 3.21. The highest BCUT2D eigenvalue weighted by Crippen LogP contribution is 2.34. The smallest absolute Gasteiger partial charge is 0.251 e. The summed E-state index contributed by atoms with van der Waals surface area (Å²) in [6.07, 6.45) is 6.95. The van der Waals surface area contributed by atoms with Gasteiger partial charge in [0, 0.05) is 5.56 Å². The first-order valence-corrected chi connectivity index (χ1v) is 11.7. The molecule has 0 unspecified atom stereocenters. The van der Waals surface area contributed by atoms with Gasteiger partial charge < -0.3 is 5.32 Å². The summed E-state index contributed by atoms with van der Waals surface area (Å²) in [6, 6.07) is 15.2. The molecule has 2 aromatic carbocycles. The van der Waals surface area contributed by atoms with Gasteiger partial charge in [-0.3, -0.25) is 9.52 Å². The Hall–Kier alpha value is -2.34. The molecule has 0 aromatic heterocycles. The van der Waals surface area contributed by atoms with E-state index in [9.17, 15) is 13.2 Å². The molecule has 2 aromatic rings. The number of carbonyl (C=O) groups excluding carboxylic acids is 1. The summed E-state index contributed by atoms with van der Waals surface area (Å²) >= 11 is 0. The number of anilines is 1. The number of rotatable bonds is 6. The van der Waals surface area contributed by atoms with Gasteiger partial charge in [0.1, 0.15) is 0 Å². The summed E-state index contributed by atoms with van der Waals surface area (Å²) in [5.74, 6) is 0.232. The fourth-order valence-corrected chi connectivity index (χ4v) is 4.52. The van der Waals surface area contributed by atoms with Crippen LogP contribution in [0.1, 0.15) is 59.6 Å². The molecule has 1 saturated carbocycles. The van der Waals surface area contributed by atoms with E-state index in [1.54, 1.807) is 18.2 Å². The number of hydrogen-bond donors (Lipinski definition) is 2. The van der Waals surface area contributed by atoms with Crippen molar-refractivity contribution < 1.29 is 13.2 Å². The Kier molecular flexibility index (Phi) is 6.39. The van der Waals surface area contributed by atoms with Crippen LogP contribution in [0, 0.1) is 12.8 Å². The molecular weight excluding hydrogens is 372 g/mol. The summed E-state index contributed by atoms with van der Waals surface area (Å²) in [6.45, 7) is 1.81. The van der Waals surface area contributed by atoms with Crippen molar-refractivity contribution in [3.63, 3.8) is 0 Å². The lowest BCUT2D eigenvalue weighted by atomic mass is 9.81. The highest BCUT2D eigenvalue weighted by Gasteiger charge is 2.27. The third-order valence-electron chi connectivity index (χ3n) is 5.36. The SMILES string of the molecule is Cc1ccc(C(=O)N[C@@H](c2ccccc2)C2CCCCC2)cc1NS(C)(=O)=O. The fraction of sp³-hybridized carbons (Fsp3) is 0.409. The van der Waals surface area contributed by atoms with Crippen LogP contribution in [0.25, 0.3) is 0 Å². The van der Waals surface area contributed by atoms with Crippen molar-refractivity contribution in [2.45, 2.75) is 45.1 Å². The Labute approximate surface area is 167 Å². The number of sulfonamides is 1. The van der Waals surface area contributed by atoms with E-state index in [4.69, 9.17) is 0 Å². The monoisotopic (exact) mass is 400 g/mol. The number of aryl methyl sites for hydroxylation is 1. The van der Waals surface area contributed by atoms with Crippen molar-refractivity contribution in [2.75, 3.05) is 11.0 Å². The molecular formula is C22H28N2O3S. The van der Waals surface area contributed by atoms with Crippen LogP contribution in [0.4, 0.5) is 5.69 Å². The zero-order valence-electron chi connectivity index (χ0n) is 16.4. The second kappa shape index (κ2) is 8.78. The van der Waals surface area contributed by atoms with E-state index in [-0.39, 0.29) is 11.9 Å². The fourth-order valence-electron chi connectivity index (χ4n) is 3.90. The average Bonchev–Trinajstić information content (AvgIpc) is 2.68. The zero-order valence-corrected chi connectivity index (χ0v) is 17.3. The van der Waals surface area contributed by atoms with Gasteiger partial charge in [0.2, 0.25) is 10.0 Å². The molecule has 150 valence electrons. The lowest BCUT2D eigenvalue weighted by molar-refractivity contribution is 0.0912. The van der Waals surface area contributed by atoms with Crippen molar-refractivity contribution in [3.8, 4) is 0 Å². The average molecular weight is 401 g/mol. The number of hydrogen-bond acceptors (Lipinski definition) is 3. The zero-order chi connectivity index (χ0) is 20.1. The lowest BCUT2D eigenvalue weighted by Gasteiger charge is -2.31. The molecule has 0 spiro atoms. The van der Waals surface area contributed by atoms with Crippen LogP contribution in [0.15, 0.2) is 48.5 Å². The highest BCUT2D eigenvalue weighted by atomic mass is 32.2. The van der Waals surface area contributed by atoms with E-state index in [1.807, 2.05) is 25.1 Å². The van der Waals surface area contributed by atoms with Crippen molar-refractivity contribution in [2.24, 2.45) is 5.92 Å². The van der Waals surface area contributed by atoms with Crippen LogP contribution < -0.4 is 10.0 Å². The summed E-state index contributed by atoms with van der Waals surface area (Å²) in [7, 11) is -3.41. The van der Waals surface area contributed by atoms with Crippen LogP contribution in [-0.4, -0.2) is 20.6 Å². The van der Waals surface area contributed by atoms with Gasteiger partial charge in [-0.05, 0) is 48.9 Å². The minimum Gasteiger partial charge on any atom is -0.345 e. The first-order chi connectivity index (χ1) is 13.3.